The predicted octanol–water partition coefficient (Wildman–Crippen LogP) is 2.54. The van der Waals surface area contributed by atoms with Gasteiger partial charge in [0, 0.05) is 18.7 Å². The number of aromatic hydroxyl groups is 1. The van der Waals surface area contributed by atoms with E-state index in [1.807, 2.05) is 13.0 Å². The first-order valence-electron chi connectivity index (χ1n) is 5.91. The second-order valence-electron chi connectivity index (χ2n) is 4.33. The van der Waals surface area contributed by atoms with Crippen LogP contribution in [-0.4, -0.2) is 22.9 Å². The van der Waals surface area contributed by atoms with Crippen molar-refractivity contribution in [1.29, 1.82) is 0 Å². The van der Waals surface area contributed by atoms with Gasteiger partial charge in [-0.1, -0.05) is 44.0 Å². The molecule has 0 saturated carbocycles. The highest BCUT2D eigenvalue weighted by Crippen LogP contribution is 2.26. The molecule has 0 spiro atoms. The number of nitrogens with one attached hydrogen (secondary N) is 1. The first kappa shape index (κ1) is 14.3. The summed E-state index contributed by atoms with van der Waals surface area (Å²) in [6, 6.07) is 5.25. The fourth-order valence-electron chi connectivity index (χ4n) is 1.53. The molecule has 0 aliphatic carbocycles. The predicted molar refractivity (Wildman–Crippen MR) is 70.3 cm³/mol. The largest absolute Gasteiger partial charge is 0.506 e. The van der Waals surface area contributed by atoms with Gasteiger partial charge < -0.3 is 15.5 Å². The lowest BCUT2D eigenvalue weighted by Gasteiger charge is -2.17. The Bertz CT molecular complexity index is 357. The number of hydrogen-bond donors (Lipinski definition) is 3. The lowest BCUT2D eigenvalue weighted by molar-refractivity contribution is 0.112. The summed E-state index contributed by atoms with van der Waals surface area (Å²) in [7, 11) is 0. The van der Waals surface area contributed by atoms with Crippen molar-refractivity contribution in [3.63, 3.8) is 0 Å². The van der Waals surface area contributed by atoms with Crippen LogP contribution >= 0.6 is 11.6 Å². The normalized spacial score (nSPS) is 14.6. The van der Waals surface area contributed by atoms with Gasteiger partial charge in [0.15, 0.2) is 0 Å². The fraction of sp³-hybridized carbons (Fsp3) is 0.538. The summed E-state index contributed by atoms with van der Waals surface area (Å²) in [5, 5.41) is 22.9. The van der Waals surface area contributed by atoms with Gasteiger partial charge in [0.1, 0.15) is 5.75 Å². The Kier molecular flexibility index (Phi) is 5.75. The summed E-state index contributed by atoms with van der Waals surface area (Å²) in [4.78, 5) is 0. The zero-order chi connectivity index (χ0) is 12.8. The van der Waals surface area contributed by atoms with Gasteiger partial charge in [-0.25, -0.2) is 0 Å². The smallest absolute Gasteiger partial charge is 0.138 e. The van der Waals surface area contributed by atoms with Gasteiger partial charge in [-0.05, 0) is 12.0 Å². The van der Waals surface area contributed by atoms with Crippen molar-refractivity contribution in [3.8, 4) is 5.75 Å². The van der Waals surface area contributed by atoms with Gasteiger partial charge in [0.25, 0.3) is 0 Å². The second kappa shape index (κ2) is 6.84. The van der Waals surface area contributed by atoms with E-state index in [4.69, 9.17) is 11.6 Å². The minimum Gasteiger partial charge on any atom is -0.506 e. The third-order valence-electron chi connectivity index (χ3n) is 3.04. The summed E-state index contributed by atoms with van der Waals surface area (Å²) >= 11 is 5.80. The molecule has 0 heterocycles. The summed E-state index contributed by atoms with van der Waals surface area (Å²) in [6.07, 6.45) is 0.590. The van der Waals surface area contributed by atoms with Crippen LogP contribution in [0.15, 0.2) is 18.2 Å². The molecule has 1 aromatic carbocycles. The summed E-state index contributed by atoms with van der Waals surface area (Å²) in [5.74, 6) is 0.384. The number of aliphatic hydroxyl groups is 1. The number of benzene rings is 1. The van der Waals surface area contributed by atoms with Crippen molar-refractivity contribution in [2.75, 3.05) is 6.54 Å². The average molecular weight is 258 g/mol. The van der Waals surface area contributed by atoms with E-state index in [1.54, 1.807) is 12.1 Å². The quantitative estimate of drug-likeness (QED) is 0.734. The molecule has 1 aromatic rings. The standard InChI is InChI=1S/C13H20ClNO2/c1-3-9(2)12(16)8-15-7-10-5-4-6-11(14)13(10)17/h4-6,9,12,15-17H,3,7-8H2,1-2H3. The van der Waals surface area contributed by atoms with Crippen molar-refractivity contribution in [2.45, 2.75) is 32.9 Å². The Hall–Kier alpha value is -0.770. The van der Waals surface area contributed by atoms with Crippen LogP contribution < -0.4 is 5.32 Å². The summed E-state index contributed by atoms with van der Waals surface area (Å²) in [6.45, 7) is 5.08. The summed E-state index contributed by atoms with van der Waals surface area (Å²) in [5.41, 5.74) is 0.744. The molecular formula is C13H20ClNO2. The molecule has 0 saturated heterocycles. The van der Waals surface area contributed by atoms with E-state index in [0.717, 1.165) is 12.0 Å². The van der Waals surface area contributed by atoms with Crippen molar-refractivity contribution in [1.82, 2.24) is 5.32 Å². The van der Waals surface area contributed by atoms with Crippen LogP contribution in [0.2, 0.25) is 5.02 Å². The molecule has 2 atom stereocenters. The number of hydrogen-bond acceptors (Lipinski definition) is 3. The maximum Gasteiger partial charge on any atom is 0.138 e. The molecule has 17 heavy (non-hydrogen) atoms. The lowest BCUT2D eigenvalue weighted by Crippen LogP contribution is -2.31. The van der Waals surface area contributed by atoms with Crippen LogP contribution in [0, 0.1) is 5.92 Å². The molecular weight excluding hydrogens is 238 g/mol. The van der Waals surface area contributed by atoms with Crippen LogP contribution in [0.1, 0.15) is 25.8 Å². The lowest BCUT2D eigenvalue weighted by atomic mass is 10.0. The second-order valence-corrected chi connectivity index (χ2v) is 4.74. The zero-order valence-corrected chi connectivity index (χ0v) is 11.0. The summed E-state index contributed by atoms with van der Waals surface area (Å²) < 4.78 is 0. The van der Waals surface area contributed by atoms with E-state index >= 15 is 0 Å². The molecule has 1 rings (SSSR count). The highest BCUT2D eigenvalue weighted by Gasteiger charge is 2.12. The monoisotopic (exact) mass is 257 g/mol. The Morgan fingerprint density at radius 3 is 2.76 bits per heavy atom. The van der Waals surface area contributed by atoms with Crippen LogP contribution in [0.3, 0.4) is 0 Å². The number of phenols is 1. The molecule has 0 radical (unpaired) electrons. The Balaban J connectivity index is 2.43. The molecule has 3 nitrogen and oxygen atoms in total. The van der Waals surface area contributed by atoms with E-state index in [-0.39, 0.29) is 17.8 Å². The van der Waals surface area contributed by atoms with Crippen LogP contribution in [0.5, 0.6) is 5.75 Å². The van der Waals surface area contributed by atoms with Gasteiger partial charge >= 0.3 is 0 Å². The maximum atomic E-state index is 9.77. The highest BCUT2D eigenvalue weighted by molar-refractivity contribution is 6.32. The van der Waals surface area contributed by atoms with Crippen molar-refractivity contribution < 1.29 is 10.2 Å². The minimum atomic E-state index is -0.360. The molecule has 0 bridgehead atoms. The number of phenolic OH excluding ortho intramolecular Hbond substituents is 1. The van der Waals surface area contributed by atoms with Gasteiger partial charge in [-0.2, -0.15) is 0 Å². The molecule has 2 unspecified atom stereocenters. The van der Waals surface area contributed by atoms with Crippen molar-refractivity contribution >= 4 is 11.6 Å². The third-order valence-corrected chi connectivity index (χ3v) is 3.35. The van der Waals surface area contributed by atoms with Gasteiger partial charge in [0.05, 0.1) is 11.1 Å². The number of rotatable bonds is 6. The van der Waals surface area contributed by atoms with Gasteiger partial charge in [-0.15, -0.1) is 0 Å². The van der Waals surface area contributed by atoms with E-state index < -0.39 is 0 Å². The molecule has 4 heteroatoms. The van der Waals surface area contributed by atoms with E-state index in [9.17, 15) is 10.2 Å². The number of halogens is 1. The Morgan fingerprint density at radius 1 is 1.41 bits per heavy atom. The van der Waals surface area contributed by atoms with Crippen LogP contribution in [0.4, 0.5) is 0 Å². The zero-order valence-electron chi connectivity index (χ0n) is 10.3. The van der Waals surface area contributed by atoms with Gasteiger partial charge in [0.2, 0.25) is 0 Å². The molecule has 0 amide bonds. The molecule has 0 aliphatic rings. The van der Waals surface area contributed by atoms with E-state index in [2.05, 4.69) is 12.2 Å². The third kappa shape index (κ3) is 4.19. The molecule has 96 valence electrons. The number of aliphatic hydroxyl groups excluding tert-OH is 1. The van der Waals surface area contributed by atoms with E-state index in [0.29, 0.717) is 18.1 Å². The molecule has 0 fully saturated rings. The minimum absolute atomic E-state index is 0.111. The average Bonchev–Trinajstić information content (AvgIpc) is 2.33. The number of para-hydroxylation sites is 1. The van der Waals surface area contributed by atoms with Gasteiger partial charge in [-0.3, -0.25) is 0 Å². The fourth-order valence-corrected chi connectivity index (χ4v) is 1.72. The Morgan fingerprint density at radius 2 is 2.12 bits per heavy atom. The maximum absolute atomic E-state index is 9.77. The first-order valence-corrected chi connectivity index (χ1v) is 6.29. The molecule has 0 aliphatic heterocycles. The molecule has 3 N–H and O–H groups in total. The first-order chi connectivity index (χ1) is 8.06. The Labute approximate surface area is 107 Å². The van der Waals surface area contributed by atoms with Crippen LogP contribution in [0.25, 0.3) is 0 Å². The van der Waals surface area contributed by atoms with Crippen molar-refractivity contribution in [3.05, 3.63) is 28.8 Å². The topological polar surface area (TPSA) is 52.5 Å². The van der Waals surface area contributed by atoms with Crippen molar-refractivity contribution in [2.24, 2.45) is 5.92 Å². The van der Waals surface area contributed by atoms with Crippen LogP contribution in [-0.2, 0) is 6.54 Å². The van der Waals surface area contributed by atoms with E-state index in [1.165, 1.54) is 0 Å². The SMILES string of the molecule is CCC(C)C(O)CNCc1cccc(Cl)c1O. The highest BCUT2D eigenvalue weighted by atomic mass is 35.5. The molecule has 0 aromatic heterocycles.